The van der Waals surface area contributed by atoms with Crippen molar-refractivity contribution in [1.29, 1.82) is 0 Å². The lowest BCUT2D eigenvalue weighted by Gasteiger charge is -2.20. The van der Waals surface area contributed by atoms with Crippen LogP contribution in [0.1, 0.15) is 22.8 Å². The average molecular weight is 225 g/mol. The third kappa shape index (κ3) is 3.02. The van der Waals surface area contributed by atoms with Crippen molar-refractivity contribution in [2.24, 2.45) is 0 Å². The van der Waals surface area contributed by atoms with Gasteiger partial charge in [0.2, 0.25) is 0 Å². The van der Waals surface area contributed by atoms with E-state index in [1.54, 1.807) is 19.2 Å². The zero-order chi connectivity index (χ0) is 12.1. The second kappa shape index (κ2) is 5.96. The Morgan fingerprint density at radius 3 is 2.50 bits per heavy atom. The summed E-state index contributed by atoms with van der Waals surface area (Å²) < 4.78 is 0. The van der Waals surface area contributed by atoms with Gasteiger partial charge in [-0.15, -0.1) is 0 Å². The van der Waals surface area contributed by atoms with Gasteiger partial charge in [-0.05, 0) is 30.7 Å². The Morgan fingerprint density at radius 2 is 2.00 bits per heavy atom. The molecular weight excluding hydrogens is 206 g/mol. The summed E-state index contributed by atoms with van der Waals surface area (Å²) >= 11 is 0. The van der Waals surface area contributed by atoms with E-state index >= 15 is 0 Å². The first-order valence-corrected chi connectivity index (χ1v) is 5.31. The second-order valence-electron chi connectivity index (χ2n) is 3.92. The van der Waals surface area contributed by atoms with Crippen LogP contribution in [0.4, 0.5) is 0 Å². The SMILES string of the molecule is CNCC(O)C(O)c1ccc(CO)cc1C. The molecule has 0 aliphatic carbocycles. The lowest BCUT2D eigenvalue weighted by atomic mass is 9.97. The highest BCUT2D eigenvalue weighted by Gasteiger charge is 2.19. The van der Waals surface area contributed by atoms with E-state index in [9.17, 15) is 10.2 Å². The van der Waals surface area contributed by atoms with Crippen LogP contribution in [0.15, 0.2) is 18.2 Å². The molecule has 0 amide bonds. The minimum atomic E-state index is -0.903. The molecule has 0 aliphatic rings. The smallest absolute Gasteiger partial charge is 0.106 e. The number of rotatable bonds is 5. The first-order valence-electron chi connectivity index (χ1n) is 5.31. The Labute approximate surface area is 95.6 Å². The summed E-state index contributed by atoms with van der Waals surface area (Å²) in [7, 11) is 1.72. The highest BCUT2D eigenvalue weighted by Crippen LogP contribution is 2.21. The maximum Gasteiger partial charge on any atom is 0.106 e. The lowest BCUT2D eigenvalue weighted by molar-refractivity contribution is 0.0198. The topological polar surface area (TPSA) is 72.7 Å². The minimum Gasteiger partial charge on any atom is -0.392 e. The van der Waals surface area contributed by atoms with E-state index < -0.39 is 12.2 Å². The van der Waals surface area contributed by atoms with Crippen molar-refractivity contribution in [1.82, 2.24) is 5.32 Å². The maximum absolute atomic E-state index is 9.91. The molecule has 0 heterocycles. The molecular formula is C12H19NO3. The second-order valence-corrected chi connectivity index (χ2v) is 3.92. The van der Waals surface area contributed by atoms with E-state index in [1.807, 2.05) is 13.0 Å². The Morgan fingerprint density at radius 1 is 1.31 bits per heavy atom. The minimum absolute atomic E-state index is 0.0176. The molecule has 0 radical (unpaired) electrons. The van der Waals surface area contributed by atoms with Crippen LogP contribution in [0.2, 0.25) is 0 Å². The van der Waals surface area contributed by atoms with Gasteiger partial charge in [0.05, 0.1) is 12.7 Å². The van der Waals surface area contributed by atoms with Crippen LogP contribution < -0.4 is 5.32 Å². The van der Waals surface area contributed by atoms with E-state index in [-0.39, 0.29) is 6.61 Å². The number of hydrogen-bond donors (Lipinski definition) is 4. The van der Waals surface area contributed by atoms with E-state index in [4.69, 9.17) is 5.11 Å². The standard InChI is InChI=1S/C12H19NO3/c1-8-5-9(7-14)3-4-10(8)12(16)11(15)6-13-2/h3-5,11-16H,6-7H2,1-2H3. The fraction of sp³-hybridized carbons (Fsp3) is 0.500. The van der Waals surface area contributed by atoms with Crippen molar-refractivity contribution >= 4 is 0 Å². The molecule has 0 saturated heterocycles. The van der Waals surface area contributed by atoms with Crippen LogP contribution in [0.25, 0.3) is 0 Å². The van der Waals surface area contributed by atoms with E-state index in [2.05, 4.69) is 5.32 Å². The number of nitrogens with one attached hydrogen (secondary N) is 1. The normalized spacial score (nSPS) is 14.8. The van der Waals surface area contributed by atoms with E-state index in [0.29, 0.717) is 12.1 Å². The van der Waals surface area contributed by atoms with Crippen molar-refractivity contribution < 1.29 is 15.3 Å². The number of benzene rings is 1. The molecule has 0 spiro atoms. The maximum atomic E-state index is 9.91. The Hall–Kier alpha value is -0.940. The van der Waals surface area contributed by atoms with Crippen LogP contribution in [0.5, 0.6) is 0 Å². The van der Waals surface area contributed by atoms with Crippen LogP contribution in [0.3, 0.4) is 0 Å². The van der Waals surface area contributed by atoms with Gasteiger partial charge < -0.3 is 20.6 Å². The molecule has 4 nitrogen and oxygen atoms in total. The molecule has 0 aromatic heterocycles. The number of aryl methyl sites for hydroxylation is 1. The van der Waals surface area contributed by atoms with Crippen LogP contribution in [-0.4, -0.2) is 35.0 Å². The quantitative estimate of drug-likeness (QED) is 0.573. The van der Waals surface area contributed by atoms with Gasteiger partial charge in [0, 0.05) is 6.54 Å². The molecule has 1 aromatic carbocycles. The molecule has 1 rings (SSSR count). The van der Waals surface area contributed by atoms with Crippen molar-refractivity contribution in [3.63, 3.8) is 0 Å². The number of aliphatic hydroxyl groups is 3. The van der Waals surface area contributed by atoms with Gasteiger partial charge in [-0.3, -0.25) is 0 Å². The predicted molar refractivity (Wildman–Crippen MR) is 62.0 cm³/mol. The number of likely N-dealkylation sites (N-methyl/N-ethyl adjacent to an activating group) is 1. The lowest BCUT2D eigenvalue weighted by Crippen LogP contribution is -2.29. The number of aliphatic hydroxyl groups excluding tert-OH is 3. The van der Waals surface area contributed by atoms with E-state index in [0.717, 1.165) is 11.1 Å². The van der Waals surface area contributed by atoms with Gasteiger partial charge in [-0.25, -0.2) is 0 Å². The van der Waals surface area contributed by atoms with Crippen molar-refractivity contribution in [3.05, 3.63) is 34.9 Å². The molecule has 2 unspecified atom stereocenters. The number of hydrogen-bond acceptors (Lipinski definition) is 4. The van der Waals surface area contributed by atoms with Gasteiger partial charge in [0.15, 0.2) is 0 Å². The van der Waals surface area contributed by atoms with Crippen molar-refractivity contribution in [2.75, 3.05) is 13.6 Å². The first-order chi connectivity index (χ1) is 7.60. The third-order valence-electron chi connectivity index (χ3n) is 2.61. The highest BCUT2D eigenvalue weighted by molar-refractivity contribution is 5.32. The Kier molecular flexibility index (Phi) is 4.89. The Bertz CT molecular complexity index is 341. The summed E-state index contributed by atoms with van der Waals surface area (Å²) in [4.78, 5) is 0. The van der Waals surface area contributed by atoms with Crippen molar-refractivity contribution in [3.8, 4) is 0 Å². The molecule has 2 atom stereocenters. The summed E-state index contributed by atoms with van der Waals surface area (Å²) in [6, 6.07) is 5.30. The summed E-state index contributed by atoms with van der Waals surface area (Å²) in [5, 5.41) is 31.3. The monoisotopic (exact) mass is 225 g/mol. The fourth-order valence-corrected chi connectivity index (χ4v) is 1.70. The molecule has 0 saturated carbocycles. The third-order valence-corrected chi connectivity index (χ3v) is 2.61. The summed E-state index contributed by atoms with van der Waals surface area (Å²) in [5.41, 5.74) is 2.37. The summed E-state index contributed by atoms with van der Waals surface area (Å²) in [6.45, 7) is 2.17. The van der Waals surface area contributed by atoms with Gasteiger partial charge in [0.25, 0.3) is 0 Å². The molecule has 16 heavy (non-hydrogen) atoms. The first kappa shape index (κ1) is 13.1. The molecule has 0 fully saturated rings. The zero-order valence-corrected chi connectivity index (χ0v) is 9.64. The zero-order valence-electron chi connectivity index (χ0n) is 9.64. The molecule has 4 heteroatoms. The van der Waals surface area contributed by atoms with Crippen LogP contribution in [-0.2, 0) is 6.61 Å². The van der Waals surface area contributed by atoms with Crippen LogP contribution in [0, 0.1) is 6.92 Å². The molecule has 0 bridgehead atoms. The van der Waals surface area contributed by atoms with E-state index in [1.165, 1.54) is 0 Å². The van der Waals surface area contributed by atoms with Gasteiger partial charge in [-0.1, -0.05) is 18.2 Å². The molecule has 0 aliphatic heterocycles. The van der Waals surface area contributed by atoms with Gasteiger partial charge >= 0.3 is 0 Å². The summed E-state index contributed by atoms with van der Waals surface area (Å²) in [6.07, 6.45) is -1.73. The highest BCUT2D eigenvalue weighted by atomic mass is 16.3. The van der Waals surface area contributed by atoms with Gasteiger partial charge in [-0.2, -0.15) is 0 Å². The fourth-order valence-electron chi connectivity index (χ4n) is 1.70. The molecule has 90 valence electrons. The largest absolute Gasteiger partial charge is 0.392 e. The molecule has 1 aromatic rings. The van der Waals surface area contributed by atoms with Crippen LogP contribution >= 0.6 is 0 Å². The predicted octanol–water partition coefficient (Wildman–Crippen LogP) is 0.101. The average Bonchev–Trinajstić information content (AvgIpc) is 2.28. The molecule has 4 N–H and O–H groups in total. The summed E-state index contributed by atoms with van der Waals surface area (Å²) in [5.74, 6) is 0. The van der Waals surface area contributed by atoms with Crippen molar-refractivity contribution in [2.45, 2.75) is 25.7 Å². The van der Waals surface area contributed by atoms with Gasteiger partial charge in [0.1, 0.15) is 6.10 Å². The Balaban J connectivity index is 2.87.